The number of rotatable bonds is 11. The summed E-state index contributed by atoms with van der Waals surface area (Å²) >= 11 is 0. The molecule has 194 valence electrons. The van der Waals surface area contributed by atoms with Gasteiger partial charge < -0.3 is 31.5 Å². The zero-order chi connectivity index (χ0) is 26.3. The summed E-state index contributed by atoms with van der Waals surface area (Å²) in [5.74, 6) is -2.77. The third-order valence-electron chi connectivity index (χ3n) is 6.62. The number of nitrogens with zero attached hydrogens (tertiary/aromatic N) is 1. The molecule has 35 heavy (non-hydrogen) atoms. The third-order valence-corrected chi connectivity index (χ3v) is 6.62. The van der Waals surface area contributed by atoms with Gasteiger partial charge in [-0.25, -0.2) is 4.79 Å². The average Bonchev–Trinajstić information content (AvgIpc) is 3.31. The first-order chi connectivity index (χ1) is 16.5. The Morgan fingerprint density at radius 2 is 1.74 bits per heavy atom. The molecule has 10 nitrogen and oxygen atoms in total. The van der Waals surface area contributed by atoms with Gasteiger partial charge in [0, 0.05) is 13.0 Å². The Hall–Kier alpha value is -3.14. The summed E-state index contributed by atoms with van der Waals surface area (Å²) < 4.78 is 0. The lowest BCUT2D eigenvalue weighted by Gasteiger charge is -2.32. The summed E-state index contributed by atoms with van der Waals surface area (Å²) in [5.41, 5.74) is 6.67. The van der Waals surface area contributed by atoms with Gasteiger partial charge >= 0.3 is 5.97 Å². The van der Waals surface area contributed by atoms with Crippen molar-refractivity contribution in [3.63, 3.8) is 0 Å². The number of nitrogens with one attached hydrogen (secondary N) is 2. The Labute approximate surface area is 206 Å². The minimum Gasteiger partial charge on any atom is -0.508 e. The largest absolute Gasteiger partial charge is 0.508 e. The van der Waals surface area contributed by atoms with Crippen LogP contribution in [0, 0.1) is 11.8 Å². The predicted octanol–water partition coefficient (Wildman–Crippen LogP) is 1.01. The number of likely N-dealkylation sites (tertiary alicyclic amines) is 1. The van der Waals surface area contributed by atoms with E-state index in [1.165, 1.54) is 17.0 Å². The van der Waals surface area contributed by atoms with E-state index in [0.29, 0.717) is 24.9 Å². The normalized spacial score (nSPS) is 19.0. The van der Waals surface area contributed by atoms with Crippen LogP contribution in [-0.4, -0.2) is 69.5 Å². The molecular weight excluding hydrogens is 452 g/mol. The molecule has 1 heterocycles. The van der Waals surface area contributed by atoms with Crippen molar-refractivity contribution in [3.05, 3.63) is 29.8 Å². The van der Waals surface area contributed by atoms with Gasteiger partial charge in [-0.1, -0.05) is 46.2 Å². The van der Waals surface area contributed by atoms with E-state index >= 15 is 0 Å². The van der Waals surface area contributed by atoms with Gasteiger partial charge in [0.05, 0.1) is 6.04 Å². The number of carbonyl (C=O) groups excluding carboxylic acids is 3. The van der Waals surface area contributed by atoms with Crippen LogP contribution in [0.3, 0.4) is 0 Å². The van der Waals surface area contributed by atoms with Crippen LogP contribution < -0.4 is 16.4 Å². The smallest absolute Gasteiger partial charge is 0.326 e. The Bertz CT molecular complexity index is 904. The fourth-order valence-corrected chi connectivity index (χ4v) is 4.09. The Balaban J connectivity index is 2.11. The first kappa shape index (κ1) is 28.1. The van der Waals surface area contributed by atoms with Crippen LogP contribution in [0.25, 0.3) is 0 Å². The monoisotopic (exact) mass is 490 g/mol. The molecule has 0 aliphatic carbocycles. The summed E-state index contributed by atoms with van der Waals surface area (Å²) in [6.07, 6.45) is 1.73. The topological polar surface area (TPSA) is 162 Å². The molecule has 0 radical (unpaired) electrons. The fourth-order valence-electron chi connectivity index (χ4n) is 4.09. The van der Waals surface area contributed by atoms with Crippen molar-refractivity contribution in [1.82, 2.24) is 15.5 Å². The standard InChI is InChI=1S/C25H38N4O6/c1-5-15(4)20(26)23(32)28-21(14(2)3)24(33)29-12-6-7-19(29)22(31)27-18(25(34)35)13-16-8-10-17(30)11-9-16/h8-11,14-15,18-21,30H,5-7,12-13,26H2,1-4H3,(H,27,31)(H,28,32)(H,34,35). The van der Waals surface area contributed by atoms with E-state index in [4.69, 9.17) is 5.73 Å². The van der Waals surface area contributed by atoms with E-state index in [1.54, 1.807) is 26.0 Å². The highest BCUT2D eigenvalue weighted by molar-refractivity contribution is 5.94. The highest BCUT2D eigenvalue weighted by Crippen LogP contribution is 2.21. The van der Waals surface area contributed by atoms with Crippen molar-refractivity contribution in [1.29, 1.82) is 0 Å². The van der Waals surface area contributed by atoms with Crippen LogP contribution in [0.2, 0.25) is 0 Å². The maximum atomic E-state index is 13.4. The van der Waals surface area contributed by atoms with E-state index in [-0.39, 0.29) is 29.9 Å². The molecule has 1 saturated heterocycles. The number of hydrogen-bond donors (Lipinski definition) is 5. The lowest BCUT2D eigenvalue weighted by molar-refractivity contribution is -0.145. The first-order valence-corrected chi connectivity index (χ1v) is 12.1. The zero-order valence-electron chi connectivity index (χ0n) is 20.9. The second-order valence-electron chi connectivity index (χ2n) is 9.60. The summed E-state index contributed by atoms with van der Waals surface area (Å²) in [7, 11) is 0. The highest BCUT2D eigenvalue weighted by Gasteiger charge is 2.40. The SMILES string of the molecule is CCC(C)C(N)C(=O)NC(C(=O)N1CCCC1C(=O)NC(Cc1ccc(O)cc1)C(=O)O)C(C)C. The van der Waals surface area contributed by atoms with Crippen LogP contribution in [0.5, 0.6) is 5.75 Å². The van der Waals surface area contributed by atoms with Crippen LogP contribution >= 0.6 is 0 Å². The maximum Gasteiger partial charge on any atom is 0.326 e. The van der Waals surface area contributed by atoms with Gasteiger partial charge in [0.1, 0.15) is 23.9 Å². The number of aromatic hydroxyl groups is 1. The van der Waals surface area contributed by atoms with Gasteiger partial charge in [0.2, 0.25) is 17.7 Å². The molecule has 5 atom stereocenters. The van der Waals surface area contributed by atoms with Gasteiger partial charge in [-0.05, 0) is 42.4 Å². The Kier molecular flexibility index (Phi) is 10.1. The summed E-state index contributed by atoms with van der Waals surface area (Å²) in [5, 5.41) is 24.4. The van der Waals surface area contributed by atoms with Crippen molar-refractivity contribution in [2.75, 3.05) is 6.54 Å². The number of phenols is 1. The molecule has 1 aromatic carbocycles. The molecule has 5 unspecified atom stereocenters. The Morgan fingerprint density at radius 1 is 1.11 bits per heavy atom. The van der Waals surface area contributed by atoms with Crippen molar-refractivity contribution < 1.29 is 29.4 Å². The molecule has 1 aromatic rings. The number of carbonyl (C=O) groups is 4. The minimum atomic E-state index is -1.20. The van der Waals surface area contributed by atoms with Gasteiger partial charge in [-0.15, -0.1) is 0 Å². The van der Waals surface area contributed by atoms with E-state index in [2.05, 4.69) is 10.6 Å². The maximum absolute atomic E-state index is 13.4. The molecule has 6 N–H and O–H groups in total. The number of phenolic OH excluding ortho intramolecular Hbond substituents is 1. The molecule has 2 rings (SSSR count). The van der Waals surface area contributed by atoms with E-state index in [0.717, 1.165) is 6.42 Å². The molecule has 0 spiro atoms. The number of benzene rings is 1. The molecule has 1 aliphatic heterocycles. The summed E-state index contributed by atoms with van der Waals surface area (Å²) in [4.78, 5) is 52.3. The number of nitrogens with two attached hydrogens (primary N) is 1. The number of carboxylic acids is 1. The van der Waals surface area contributed by atoms with Crippen LogP contribution in [0.15, 0.2) is 24.3 Å². The number of amides is 3. The van der Waals surface area contributed by atoms with Crippen LogP contribution in [-0.2, 0) is 25.6 Å². The predicted molar refractivity (Wildman–Crippen MR) is 130 cm³/mol. The molecule has 0 aromatic heterocycles. The van der Waals surface area contributed by atoms with Crippen LogP contribution in [0.4, 0.5) is 0 Å². The molecule has 1 aliphatic rings. The lowest BCUT2D eigenvalue weighted by atomic mass is 9.97. The van der Waals surface area contributed by atoms with E-state index in [9.17, 15) is 29.4 Å². The molecule has 0 saturated carbocycles. The van der Waals surface area contributed by atoms with Crippen LogP contribution in [0.1, 0.15) is 52.5 Å². The third kappa shape index (κ3) is 7.42. The van der Waals surface area contributed by atoms with E-state index in [1.807, 2.05) is 13.8 Å². The molecule has 3 amide bonds. The highest BCUT2D eigenvalue weighted by atomic mass is 16.4. The summed E-state index contributed by atoms with van der Waals surface area (Å²) in [6, 6.07) is 2.44. The van der Waals surface area contributed by atoms with E-state index < -0.39 is 42.0 Å². The zero-order valence-corrected chi connectivity index (χ0v) is 20.9. The van der Waals surface area contributed by atoms with Crippen molar-refractivity contribution in [3.8, 4) is 5.75 Å². The van der Waals surface area contributed by atoms with Crippen molar-refractivity contribution in [2.45, 2.75) is 77.5 Å². The van der Waals surface area contributed by atoms with Crippen molar-refractivity contribution >= 4 is 23.7 Å². The van der Waals surface area contributed by atoms with Gasteiger partial charge in [0.15, 0.2) is 0 Å². The number of aliphatic carboxylic acids is 1. The molecule has 1 fully saturated rings. The molecule has 10 heteroatoms. The second kappa shape index (κ2) is 12.5. The van der Waals surface area contributed by atoms with Gasteiger partial charge in [-0.3, -0.25) is 14.4 Å². The molecular formula is C25H38N4O6. The second-order valence-corrected chi connectivity index (χ2v) is 9.60. The Morgan fingerprint density at radius 3 is 2.29 bits per heavy atom. The molecule has 0 bridgehead atoms. The van der Waals surface area contributed by atoms with Crippen molar-refractivity contribution in [2.24, 2.45) is 17.6 Å². The lowest BCUT2D eigenvalue weighted by Crippen LogP contribution is -2.58. The number of hydrogen-bond acceptors (Lipinski definition) is 6. The summed E-state index contributed by atoms with van der Waals surface area (Å²) in [6.45, 7) is 7.75. The quantitative estimate of drug-likeness (QED) is 0.309. The number of carboxylic acid groups (broad SMARTS) is 1. The minimum absolute atomic E-state index is 0.0280. The first-order valence-electron chi connectivity index (χ1n) is 12.1. The fraction of sp³-hybridized carbons (Fsp3) is 0.600. The average molecular weight is 491 g/mol. The van der Waals surface area contributed by atoms with Gasteiger partial charge in [-0.2, -0.15) is 0 Å². The van der Waals surface area contributed by atoms with Gasteiger partial charge in [0.25, 0.3) is 0 Å².